The zero-order chi connectivity index (χ0) is 12.8. The molecule has 1 aromatic carbocycles. The fourth-order valence-electron chi connectivity index (χ4n) is 3.48. The van der Waals surface area contributed by atoms with E-state index in [0.717, 1.165) is 5.92 Å². The number of hydrogen-bond acceptors (Lipinski definition) is 0. The number of para-hydroxylation sites is 1. The second-order valence-electron chi connectivity index (χ2n) is 7.00. The first-order valence-corrected chi connectivity index (χ1v) is 7.11. The van der Waals surface area contributed by atoms with Gasteiger partial charge >= 0.3 is 0 Å². The largest absolute Gasteiger partial charge is 0.358 e. The van der Waals surface area contributed by atoms with Crippen molar-refractivity contribution in [2.75, 3.05) is 0 Å². The fraction of sp³-hybridized carbons (Fsp3) is 0.529. The zero-order valence-corrected chi connectivity index (χ0v) is 11.7. The van der Waals surface area contributed by atoms with Crippen molar-refractivity contribution >= 4 is 10.9 Å². The molecule has 1 aliphatic rings. The Morgan fingerprint density at radius 3 is 2.78 bits per heavy atom. The molecule has 0 saturated heterocycles. The Morgan fingerprint density at radius 2 is 2.00 bits per heavy atom. The minimum Gasteiger partial charge on any atom is -0.358 e. The highest BCUT2D eigenvalue weighted by atomic mass is 14.7. The molecule has 1 heterocycles. The van der Waals surface area contributed by atoms with Crippen molar-refractivity contribution in [3.8, 4) is 0 Å². The maximum absolute atomic E-state index is 3.60. The SMILES string of the molecule is CC(C)(C)CC1CCc2[nH]c3ccccc3c2C1. The highest BCUT2D eigenvalue weighted by Crippen LogP contribution is 2.36. The maximum Gasteiger partial charge on any atom is 0.0458 e. The highest BCUT2D eigenvalue weighted by molar-refractivity contribution is 5.84. The Bertz CT molecular complexity index is 556. The number of benzene rings is 1. The second-order valence-corrected chi connectivity index (χ2v) is 7.00. The minimum atomic E-state index is 0.453. The van der Waals surface area contributed by atoms with E-state index in [1.807, 2.05) is 0 Å². The van der Waals surface area contributed by atoms with Crippen LogP contribution in [0.15, 0.2) is 24.3 Å². The first-order chi connectivity index (χ1) is 8.53. The number of nitrogens with one attached hydrogen (secondary N) is 1. The van der Waals surface area contributed by atoms with Crippen molar-refractivity contribution in [3.05, 3.63) is 35.5 Å². The third kappa shape index (κ3) is 2.19. The average molecular weight is 241 g/mol. The van der Waals surface area contributed by atoms with E-state index in [-0.39, 0.29) is 0 Å². The van der Waals surface area contributed by atoms with Gasteiger partial charge in [-0.1, -0.05) is 39.0 Å². The lowest BCUT2D eigenvalue weighted by atomic mass is 9.76. The van der Waals surface area contributed by atoms with Crippen LogP contribution in [0.1, 0.15) is 44.9 Å². The lowest BCUT2D eigenvalue weighted by molar-refractivity contribution is 0.274. The Balaban J connectivity index is 1.92. The summed E-state index contributed by atoms with van der Waals surface area (Å²) in [5, 5.41) is 1.45. The summed E-state index contributed by atoms with van der Waals surface area (Å²) in [6, 6.07) is 8.75. The molecule has 0 saturated carbocycles. The van der Waals surface area contributed by atoms with Crippen molar-refractivity contribution in [2.45, 2.75) is 46.5 Å². The van der Waals surface area contributed by atoms with Crippen LogP contribution in [0.3, 0.4) is 0 Å². The van der Waals surface area contributed by atoms with Gasteiger partial charge in [0.2, 0.25) is 0 Å². The summed E-state index contributed by atoms with van der Waals surface area (Å²) in [6.07, 6.45) is 5.17. The van der Waals surface area contributed by atoms with E-state index in [1.54, 1.807) is 5.56 Å². The molecular weight excluding hydrogens is 218 g/mol. The molecule has 0 fully saturated rings. The predicted molar refractivity (Wildman–Crippen MR) is 77.9 cm³/mol. The number of aromatic nitrogens is 1. The molecule has 1 unspecified atom stereocenters. The van der Waals surface area contributed by atoms with Gasteiger partial charge in [-0.3, -0.25) is 0 Å². The Hall–Kier alpha value is -1.24. The standard InChI is InChI=1S/C17H23N/c1-17(2,3)11-12-8-9-16-14(10-12)13-6-4-5-7-15(13)18-16/h4-7,12,18H,8-11H2,1-3H3. The van der Waals surface area contributed by atoms with Gasteiger partial charge in [0.1, 0.15) is 0 Å². The summed E-state index contributed by atoms with van der Waals surface area (Å²) in [6.45, 7) is 7.08. The van der Waals surface area contributed by atoms with E-state index in [9.17, 15) is 0 Å². The Kier molecular flexibility index (Phi) is 2.73. The molecule has 1 nitrogen and oxygen atoms in total. The van der Waals surface area contributed by atoms with E-state index < -0.39 is 0 Å². The van der Waals surface area contributed by atoms with Gasteiger partial charge in [-0.05, 0) is 48.6 Å². The summed E-state index contributed by atoms with van der Waals surface area (Å²) < 4.78 is 0. The van der Waals surface area contributed by atoms with Gasteiger partial charge in [-0.25, -0.2) is 0 Å². The van der Waals surface area contributed by atoms with Gasteiger partial charge in [-0.2, -0.15) is 0 Å². The number of fused-ring (bicyclic) bond motifs is 3. The molecule has 96 valence electrons. The monoisotopic (exact) mass is 241 g/mol. The second kappa shape index (κ2) is 4.15. The molecule has 0 amide bonds. The molecule has 0 spiro atoms. The van der Waals surface area contributed by atoms with Crippen LogP contribution in [0.2, 0.25) is 0 Å². The van der Waals surface area contributed by atoms with Gasteiger partial charge in [0.25, 0.3) is 0 Å². The average Bonchev–Trinajstić information content (AvgIpc) is 2.65. The fourth-order valence-corrected chi connectivity index (χ4v) is 3.48. The van der Waals surface area contributed by atoms with Gasteiger partial charge in [0.15, 0.2) is 0 Å². The van der Waals surface area contributed by atoms with Crippen molar-refractivity contribution in [2.24, 2.45) is 11.3 Å². The number of rotatable bonds is 1. The number of aromatic amines is 1. The predicted octanol–water partition coefficient (Wildman–Crippen LogP) is 4.71. The molecule has 3 rings (SSSR count). The molecule has 1 atom stereocenters. The molecule has 0 aliphatic heterocycles. The summed E-state index contributed by atoms with van der Waals surface area (Å²) in [7, 11) is 0. The maximum atomic E-state index is 3.60. The normalized spacial score (nSPS) is 20.1. The molecule has 18 heavy (non-hydrogen) atoms. The van der Waals surface area contributed by atoms with Crippen LogP contribution in [0.4, 0.5) is 0 Å². The number of aryl methyl sites for hydroxylation is 1. The van der Waals surface area contributed by atoms with Crippen LogP contribution in [0, 0.1) is 11.3 Å². The van der Waals surface area contributed by atoms with Crippen LogP contribution in [0.25, 0.3) is 10.9 Å². The van der Waals surface area contributed by atoms with Crippen molar-refractivity contribution < 1.29 is 0 Å². The quantitative estimate of drug-likeness (QED) is 0.744. The van der Waals surface area contributed by atoms with E-state index in [4.69, 9.17) is 0 Å². The molecule has 1 aromatic heterocycles. The van der Waals surface area contributed by atoms with E-state index in [1.165, 1.54) is 42.3 Å². The van der Waals surface area contributed by atoms with Crippen molar-refractivity contribution in [3.63, 3.8) is 0 Å². The lowest BCUT2D eigenvalue weighted by Crippen LogP contribution is -2.19. The van der Waals surface area contributed by atoms with E-state index in [0.29, 0.717) is 5.41 Å². The van der Waals surface area contributed by atoms with Crippen LogP contribution < -0.4 is 0 Å². The summed E-state index contributed by atoms with van der Waals surface area (Å²) >= 11 is 0. The van der Waals surface area contributed by atoms with Crippen molar-refractivity contribution in [1.29, 1.82) is 0 Å². The molecule has 1 heteroatoms. The first-order valence-electron chi connectivity index (χ1n) is 7.11. The summed E-state index contributed by atoms with van der Waals surface area (Å²) in [5.74, 6) is 0.858. The third-order valence-electron chi connectivity index (χ3n) is 4.10. The topological polar surface area (TPSA) is 15.8 Å². The summed E-state index contributed by atoms with van der Waals surface area (Å²) in [4.78, 5) is 3.60. The van der Waals surface area contributed by atoms with Crippen LogP contribution in [0.5, 0.6) is 0 Å². The number of H-pyrrole nitrogens is 1. The van der Waals surface area contributed by atoms with Crippen LogP contribution in [-0.2, 0) is 12.8 Å². The van der Waals surface area contributed by atoms with Gasteiger partial charge in [-0.15, -0.1) is 0 Å². The molecular formula is C17H23N. The molecule has 0 radical (unpaired) electrons. The summed E-state index contributed by atoms with van der Waals surface area (Å²) in [5.41, 5.74) is 4.85. The van der Waals surface area contributed by atoms with E-state index in [2.05, 4.69) is 50.0 Å². The molecule has 0 bridgehead atoms. The lowest BCUT2D eigenvalue weighted by Gasteiger charge is -2.29. The smallest absolute Gasteiger partial charge is 0.0458 e. The minimum absolute atomic E-state index is 0.453. The van der Waals surface area contributed by atoms with E-state index >= 15 is 0 Å². The van der Waals surface area contributed by atoms with Crippen LogP contribution in [-0.4, -0.2) is 4.98 Å². The zero-order valence-electron chi connectivity index (χ0n) is 11.7. The van der Waals surface area contributed by atoms with Gasteiger partial charge in [0.05, 0.1) is 0 Å². The van der Waals surface area contributed by atoms with Gasteiger partial charge in [0, 0.05) is 16.6 Å². The number of hydrogen-bond donors (Lipinski definition) is 1. The molecule has 2 aromatic rings. The Labute approximate surface area is 110 Å². The third-order valence-corrected chi connectivity index (χ3v) is 4.10. The van der Waals surface area contributed by atoms with Crippen LogP contribution >= 0.6 is 0 Å². The van der Waals surface area contributed by atoms with Gasteiger partial charge < -0.3 is 4.98 Å². The molecule has 1 aliphatic carbocycles. The first kappa shape index (κ1) is 11.8. The van der Waals surface area contributed by atoms with Crippen molar-refractivity contribution in [1.82, 2.24) is 4.98 Å². The Morgan fingerprint density at radius 1 is 1.22 bits per heavy atom. The highest BCUT2D eigenvalue weighted by Gasteiger charge is 2.25. The molecule has 1 N–H and O–H groups in total.